The summed E-state index contributed by atoms with van der Waals surface area (Å²) in [5.74, 6) is 0.147. The number of sulfonamides is 1. The molecule has 0 aliphatic carbocycles. The fraction of sp³-hybridized carbons (Fsp3) is 0.583. The molecule has 1 aliphatic rings. The van der Waals surface area contributed by atoms with Gasteiger partial charge >= 0.3 is 0 Å². The molecule has 0 radical (unpaired) electrons. The third kappa shape index (κ3) is 3.38. The molecule has 2 heterocycles. The van der Waals surface area contributed by atoms with Crippen LogP contribution in [0.4, 0.5) is 5.82 Å². The van der Waals surface area contributed by atoms with Gasteiger partial charge in [0.2, 0.25) is 10.0 Å². The van der Waals surface area contributed by atoms with Crippen LogP contribution >= 0.6 is 11.6 Å². The van der Waals surface area contributed by atoms with Crippen LogP contribution in [0.25, 0.3) is 0 Å². The van der Waals surface area contributed by atoms with Crippen molar-refractivity contribution in [2.75, 3.05) is 18.8 Å². The number of rotatable bonds is 2. The number of hydrogen-bond donors (Lipinski definition) is 1. The second-order valence-corrected chi connectivity index (χ2v) is 7.06. The second kappa shape index (κ2) is 6.07. The molecule has 0 unspecified atom stereocenters. The molecule has 0 bridgehead atoms. The molecule has 0 amide bonds. The minimum atomic E-state index is -3.51. The average Bonchev–Trinajstić information content (AvgIpc) is 2.31. The highest BCUT2D eigenvalue weighted by atomic mass is 35.5. The lowest BCUT2D eigenvalue weighted by atomic mass is 10.1. The zero-order valence-corrected chi connectivity index (χ0v) is 12.3. The van der Waals surface area contributed by atoms with Crippen LogP contribution in [0.2, 0.25) is 5.02 Å². The van der Waals surface area contributed by atoms with Crippen LogP contribution in [0.5, 0.6) is 0 Å². The minimum Gasteiger partial charge on any atom is -0.382 e. The Morgan fingerprint density at radius 1 is 1.16 bits per heavy atom. The number of hydrogen-bond acceptors (Lipinski definition) is 4. The SMILES string of the molecule is Nc1ncc(S(=O)(=O)N2CCCCCCC2)cc1Cl. The minimum absolute atomic E-state index is 0.118. The Balaban J connectivity index is 2.26. The molecule has 19 heavy (non-hydrogen) atoms. The first-order valence-electron chi connectivity index (χ1n) is 6.43. The molecule has 2 N–H and O–H groups in total. The van der Waals surface area contributed by atoms with E-state index < -0.39 is 10.0 Å². The van der Waals surface area contributed by atoms with E-state index in [4.69, 9.17) is 17.3 Å². The molecular weight excluding hydrogens is 286 g/mol. The maximum atomic E-state index is 12.5. The summed E-state index contributed by atoms with van der Waals surface area (Å²) in [5, 5.41) is 0.174. The molecule has 7 heteroatoms. The van der Waals surface area contributed by atoms with Crippen LogP contribution in [-0.4, -0.2) is 30.8 Å². The van der Waals surface area contributed by atoms with Crippen molar-refractivity contribution in [3.8, 4) is 0 Å². The highest BCUT2D eigenvalue weighted by molar-refractivity contribution is 7.89. The summed E-state index contributed by atoms with van der Waals surface area (Å²) >= 11 is 5.85. The third-order valence-corrected chi connectivity index (χ3v) is 5.46. The number of nitrogens with two attached hydrogens (primary N) is 1. The van der Waals surface area contributed by atoms with E-state index >= 15 is 0 Å². The number of halogens is 1. The van der Waals surface area contributed by atoms with Crippen molar-refractivity contribution < 1.29 is 8.42 Å². The lowest BCUT2D eigenvalue weighted by molar-refractivity contribution is 0.364. The van der Waals surface area contributed by atoms with Gasteiger partial charge in [0, 0.05) is 19.3 Å². The van der Waals surface area contributed by atoms with E-state index in [0.717, 1.165) is 25.7 Å². The van der Waals surface area contributed by atoms with Crippen molar-refractivity contribution in [3.05, 3.63) is 17.3 Å². The molecule has 0 saturated carbocycles. The Hall–Kier alpha value is -0.850. The van der Waals surface area contributed by atoms with Gasteiger partial charge in [-0.05, 0) is 18.9 Å². The Bertz CT molecular complexity index is 540. The van der Waals surface area contributed by atoms with E-state index in [9.17, 15) is 8.42 Å². The summed E-state index contributed by atoms with van der Waals surface area (Å²) < 4.78 is 26.5. The van der Waals surface area contributed by atoms with Gasteiger partial charge in [-0.3, -0.25) is 0 Å². The number of aromatic nitrogens is 1. The van der Waals surface area contributed by atoms with Crippen molar-refractivity contribution in [2.45, 2.75) is 37.0 Å². The Morgan fingerprint density at radius 3 is 2.32 bits per heavy atom. The summed E-state index contributed by atoms with van der Waals surface area (Å²) in [7, 11) is -3.51. The molecule has 0 aromatic carbocycles. The number of nitrogen functional groups attached to an aromatic ring is 1. The second-order valence-electron chi connectivity index (χ2n) is 4.71. The van der Waals surface area contributed by atoms with Crippen molar-refractivity contribution in [3.63, 3.8) is 0 Å². The van der Waals surface area contributed by atoms with E-state index in [-0.39, 0.29) is 15.7 Å². The maximum Gasteiger partial charge on any atom is 0.244 e. The highest BCUT2D eigenvalue weighted by Gasteiger charge is 2.25. The summed E-state index contributed by atoms with van der Waals surface area (Å²) in [6.07, 6.45) is 6.41. The molecule has 1 aromatic rings. The predicted molar refractivity (Wildman–Crippen MR) is 75.5 cm³/mol. The van der Waals surface area contributed by atoms with Crippen molar-refractivity contribution in [1.29, 1.82) is 0 Å². The van der Waals surface area contributed by atoms with Crippen LogP contribution < -0.4 is 5.73 Å². The summed E-state index contributed by atoms with van der Waals surface area (Å²) in [5.41, 5.74) is 5.50. The van der Waals surface area contributed by atoms with Gasteiger partial charge in [0.1, 0.15) is 10.7 Å². The van der Waals surface area contributed by atoms with E-state index in [1.165, 1.54) is 23.0 Å². The smallest absolute Gasteiger partial charge is 0.244 e. The molecular formula is C12H18ClN3O2S. The quantitative estimate of drug-likeness (QED) is 0.909. The summed E-state index contributed by atoms with van der Waals surface area (Å²) in [6.45, 7) is 1.12. The van der Waals surface area contributed by atoms with Gasteiger partial charge in [0.05, 0.1) is 5.02 Å². The van der Waals surface area contributed by atoms with Gasteiger partial charge in [-0.2, -0.15) is 4.31 Å². The lowest BCUT2D eigenvalue weighted by Gasteiger charge is -2.24. The Labute approximate surface area is 118 Å². The molecule has 5 nitrogen and oxygen atoms in total. The first-order chi connectivity index (χ1) is 9.01. The lowest BCUT2D eigenvalue weighted by Crippen LogP contribution is -2.34. The molecule has 1 fully saturated rings. The number of nitrogens with zero attached hydrogens (tertiary/aromatic N) is 2. The Kier molecular flexibility index (Phi) is 4.65. The topological polar surface area (TPSA) is 76.3 Å². The fourth-order valence-electron chi connectivity index (χ4n) is 2.18. The van der Waals surface area contributed by atoms with Crippen LogP contribution in [0, 0.1) is 0 Å². The van der Waals surface area contributed by atoms with Crippen molar-refractivity contribution in [2.24, 2.45) is 0 Å². The molecule has 0 spiro atoms. The predicted octanol–water partition coefficient (Wildman–Crippen LogP) is 2.27. The van der Waals surface area contributed by atoms with Gasteiger partial charge in [-0.1, -0.05) is 30.9 Å². The van der Waals surface area contributed by atoms with Crippen LogP contribution in [0.15, 0.2) is 17.2 Å². The standard InChI is InChI=1S/C12H18ClN3O2S/c13-11-8-10(9-15-12(11)14)19(17,18)16-6-4-2-1-3-5-7-16/h8-9H,1-7H2,(H2,14,15). The molecule has 2 rings (SSSR count). The molecule has 1 saturated heterocycles. The first-order valence-corrected chi connectivity index (χ1v) is 8.25. The van der Waals surface area contributed by atoms with Gasteiger partial charge in [-0.25, -0.2) is 13.4 Å². The largest absolute Gasteiger partial charge is 0.382 e. The van der Waals surface area contributed by atoms with Crippen LogP contribution in [-0.2, 0) is 10.0 Å². The summed E-state index contributed by atoms with van der Waals surface area (Å²) in [4.78, 5) is 3.94. The third-order valence-electron chi connectivity index (χ3n) is 3.30. The monoisotopic (exact) mass is 303 g/mol. The zero-order valence-electron chi connectivity index (χ0n) is 10.7. The maximum absolute atomic E-state index is 12.5. The fourth-order valence-corrected chi connectivity index (χ4v) is 3.90. The van der Waals surface area contributed by atoms with Crippen LogP contribution in [0.1, 0.15) is 32.1 Å². The normalized spacial score (nSPS) is 18.8. The highest BCUT2D eigenvalue weighted by Crippen LogP contribution is 2.24. The van der Waals surface area contributed by atoms with Crippen LogP contribution in [0.3, 0.4) is 0 Å². The zero-order chi connectivity index (χ0) is 13.9. The molecule has 1 aliphatic heterocycles. The van der Waals surface area contributed by atoms with Crippen molar-refractivity contribution in [1.82, 2.24) is 9.29 Å². The van der Waals surface area contributed by atoms with Gasteiger partial charge < -0.3 is 5.73 Å². The van der Waals surface area contributed by atoms with Gasteiger partial charge in [-0.15, -0.1) is 0 Å². The Morgan fingerprint density at radius 2 is 1.74 bits per heavy atom. The molecule has 0 atom stereocenters. The van der Waals surface area contributed by atoms with Gasteiger partial charge in [0.15, 0.2) is 0 Å². The van der Waals surface area contributed by atoms with E-state index in [2.05, 4.69) is 4.98 Å². The van der Waals surface area contributed by atoms with Crippen molar-refractivity contribution >= 4 is 27.4 Å². The van der Waals surface area contributed by atoms with Gasteiger partial charge in [0.25, 0.3) is 0 Å². The molecule has 106 valence electrons. The van der Waals surface area contributed by atoms with E-state index in [1.54, 1.807) is 0 Å². The molecule has 1 aromatic heterocycles. The summed E-state index contributed by atoms with van der Waals surface area (Å²) in [6, 6.07) is 1.37. The first kappa shape index (κ1) is 14.6. The van der Waals surface area contributed by atoms with E-state index in [1.807, 2.05) is 0 Å². The number of pyridine rings is 1. The average molecular weight is 304 g/mol. The number of anilines is 1. The van der Waals surface area contributed by atoms with E-state index in [0.29, 0.717) is 13.1 Å².